The van der Waals surface area contributed by atoms with Gasteiger partial charge < -0.3 is 20.1 Å². The first-order valence-electron chi connectivity index (χ1n) is 9.11. The molecule has 0 amide bonds. The molecule has 0 spiro atoms. The summed E-state index contributed by atoms with van der Waals surface area (Å²) in [6, 6.07) is 12.5. The van der Waals surface area contributed by atoms with Crippen LogP contribution < -0.4 is 15.4 Å². The zero-order chi connectivity index (χ0) is 19.5. The minimum atomic E-state index is -0.238. The van der Waals surface area contributed by atoms with Gasteiger partial charge in [0.25, 0.3) is 0 Å². The maximum Gasteiger partial charge on any atom is 0.191 e. The van der Waals surface area contributed by atoms with Gasteiger partial charge in [0, 0.05) is 32.3 Å². The Balaban J connectivity index is 0.00000392. The van der Waals surface area contributed by atoms with Gasteiger partial charge in [0.15, 0.2) is 5.96 Å². The van der Waals surface area contributed by atoms with Crippen molar-refractivity contribution in [1.29, 1.82) is 0 Å². The molecular formula is C21H29FIN3O2. The van der Waals surface area contributed by atoms with Crippen molar-refractivity contribution < 1.29 is 13.9 Å². The number of rotatable bonds is 9. The summed E-state index contributed by atoms with van der Waals surface area (Å²) in [4.78, 5) is 4.23. The first-order chi connectivity index (χ1) is 13.1. The molecule has 0 aliphatic heterocycles. The average Bonchev–Trinajstić information content (AvgIpc) is 2.68. The van der Waals surface area contributed by atoms with Gasteiger partial charge in [-0.15, -0.1) is 24.0 Å². The van der Waals surface area contributed by atoms with Crippen LogP contribution in [-0.4, -0.2) is 32.8 Å². The number of halogens is 2. The minimum Gasteiger partial charge on any atom is -0.491 e. The Morgan fingerprint density at radius 1 is 1.04 bits per heavy atom. The summed E-state index contributed by atoms with van der Waals surface area (Å²) in [5.41, 5.74) is 3.17. The highest BCUT2D eigenvalue weighted by Gasteiger charge is 2.06. The lowest BCUT2D eigenvalue weighted by Gasteiger charge is -2.15. The molecule has 0 aliphatic rings. The second kappa shape index (κ2) is 13.3. The van der Waals surface area contributed by atoms with Crippen LogP contribution in [0.3, 0.4) is 0 Å². The number of benzene rings is 2. The lowest BCUT2D eigenvalue weighted by Crippen LogP contribution is -2.36. The van der Waals surface area contributed by atoms with E-state index in [0.29, 0.717) is 38.9 Å². The van der Waals surface area contributed by atoms with E-state index in [4.69, 9.17) is 9.47 Å². The van der Waals surface area contributed by atoms with Gasteiger partial charge >= 0.3 is 0 Å². The summed E-state index contributed by atoms with van der Waals surface area (Å²) in [7, 11) is 1.72. The van der Waals surface area contributed by atoms with Crippen molar-refractivity contribution in [1.82, 2.24) is 10.6 Å². The van der Waals surface area contributed by atoms with Gasteiger partial charge in [-0.2, -0.15) is 0 Å². The van der Waals surface area contributed by atoms with Crippen LogP contribution in [-0.2, 0) is 17.8 Å². The van der Waals surface area contributed by atoms with Crippen molar-refractivity contribution in [2.45, 2.75) is 26.9 Å². The number of aryl methyl sites for hydroxylation is 1. The standard InChI is InChI=1S/C21H28FN3O2.HI/c1-4-26-11-12-27-20-13-16(2)5-8-18(20)15-25-21(23-3)24-14-17-6-9-19(22)10-7-17;/h5-10,13H,4,11-12,14-15H2,1-3H3,(H2,23,24,25);1H. The number of hydrogen-bond donors (Lipinski definition) is 2. The monoisotopic (exact) mass is 501 g/mol. The third kappa shape index (κ3) is 8.43. The molecule has 2 aromatic carbocycles. The molecule has 0 radical (unpaired) electrons. The summed E-state index contributed by atoms with van der Waals surface area (Å²) in [6.45, 7) is 6.91. The highest BCUT2D eigenvalue weighted by molar-refractivity contribution is 14.0. The molecule has 0 bridgehead atoms. The molecular weight excluding hydrogens is 472 g/mol. The number of hydrogen-bond acceptors (Lipinski definition) is 3. The van der Waals surface area contributed by atoms with Gasteiger partial charge in [0.05, 0.1) is 6.61 Å². The molecule has 2 aromatic rings. The number of nitrogens with one attached hydrogen (secondary N) is 2. The molecule has 2 rings (SSSR count). The normalized spacial score (nSPS) is 10.9. The minimum absolute atomic E-state index is 0. The lowest BCUT2D eigenvalue weighted by atomic mass is 10.1. The van der Waals surface area contributed by atoms with Crippen LogP contribution in [0.1, 0.15) is 23.6 Å². The third-order valence-corrected chi connectivity index (χ3v) is 3.96. The van der Waals surface area contributed by atoms with E-state index in [9.17, 15) is 4.39 Å². The average molecular weight is 501 g/mol. The predicted octanol–water partition coefficient (Wildman–Crippen LogP) is 4.03. The topological polar surface area (TPSA) is 54.9 Å². The fourth-order valence-electron chi connectivity index (χ4n) is 2.48. The molecule has 5 nitrogen and oxygen atoms in total. The van der Waals surface area contributed by atoms with Gasteiger partial charge in [-0.1, -0.05) is 24.3 Å². The van der Waals surface area contributed by atoms with E-state index in [1.165, 1.54) is 12.1 Å². The highest BCUT2D eigenvalue weighted by Crippen LogP contribution is 2.20. The first kappa shape index (κ1) is 24.2. The molecule has 0 saturated heterocycles. The summed E-state index contributed by atoms with van der Waals surface area (Å²) >= 11 is 0. The van der Waals surface area contributed by atoms with Crippen LogP contribution in [0.25, 0.3) is 0 Å². The Bertz CT molecular complexity index is 739. The van der Waals surface area contributed by atoms with E-state index in [2.05, 4.69) is 21.7 Å². The van der Waals surface area contributed by atoms with E-state index in [-0.39, 0.29) is 29.8 Å². The smallest absolute Gasteiger partial charge is 0.191 e. The van der Waals surface area contributed by atoms with Crippen LogP contribution >= 0.6 is 24.0 Å². The van der Waals surface area contributed by atoms with Gasteiger partial charge in [0.2, 0.25) is 0 Å². The number of guanidine groups is 1. The fraction of sp³-hybridized carbons (Fsp3) is 0.381. The van der Waals surface area contributed by atoms with Crippen molar-refractivity contribution in [2.24, 2.45) is 4.99 Å². The molecule has 2 N–H and O–H groups in total. The van der Waals surface area contributed by atoms with Gasteiger partial charge in [0.1, 0.15) is 18.2 Å². The molecule has 0 atom stereocenters. The van der Waals surface area contributed by atoms with E-state index >= 15 is 0 Å². The van der Waals surface area contributed by atoms with E-state index in [1.807, 2.05) is 26.0 Å². The van der Waals surface area contributed by atoms with Gasteiger partial charge in [-0.05, 0) is 43.2 Å². The van der Waals surface area contributed by atoms with E-state index in [1.54, 1.807) is 19.2 Å². The molecule has 0 aromatic heterocycles. The van der Waals surface area contributed by atoms with Gasteiger partial charge in [-0.3, -0.25) is 4.99 Å². The Hall–Kier alpha value is -1.87. The van der Waals surface area contributed by atoms with Crippen LogP contribution in [0.15, 0.2) is 47.5 Å². The second-order valence-electron chi connectivity index (χ2n) is 6.06. The molecule has 0 aliphatic carbocycles. The maximum absolute atomic E-state index is 13.0. The maximum atomic E-state index is 13.0. The lowest BCUT2D eigenvalue weighted by molar-refractivity contribution is 0.110. The van der Waals surface area contributed by atoms with Crippen LogP contribution in [0.4, 0.5) is 4.39 Å². The molecule has 7 heteroatoms. The SMILES string of the molecule is CCOCCOc1cc(C)ccc1CNC(=NC)NCc1ccc(F)cc1.I. The predicted molar refractivity (Wildman–Crippen MR) is 122 cm³/mol. The molecule has 0 saturated carbocycles. The van der Waals surface area contributed by atoms with E-state index < -0.39 is 0 Å². The zero-order valence-corrected chi connectivity index (χ0v) is 19.0. The van der Waals surface area contributed by atoms with Crippen LogP contribution in [0, 0.1) is 12.7 Å². The number of aliphatic imine (C=N–C) groups is 1. The van der Waals surface area contributed by atoms with Crippen molar-refractivity contribution >= 4 is 29.9 Å². The number of nitrogens with zero attached hydrogens (tertiary/aromatic N) is 1. The zero-order valence-electron chi connectivity index (χ0n) is 16.6. The summed E-state index contributed by atoms with van der Waals surface area (Å²) in [5, 5.41) is 6.50. The molecule has 28 heavy (non-hydrogen) atoms. The van der Waals surface area contributed by atoms with Crippen molar-refractivity contribution in [3.63, 3.8) is 0 Å². The molecule has 0 fully saturated rings. The Morgan fingerprint density at radius 2 is 1.75 bits per heavy atom. The van der Waals surface area contributed by atoms with E-state index in [0.717, 1.165) is 22.4 Å². The second-order valence-corrected chi connectivity index (χ2v) is 6.06. The molecule has 154 valence electrons. The fourth-order valence-corrected chi connectivity index (χ4v) is 2.48. The quantitative estimate of drug-likeness (QED) is 0.236. The first-order valence-corrected chi connectivity index (χ1v) is 9.11. The molecule has 0 unspecified atom stereocenters. The van der Waals surface area contributed by atoms with Crippen molar-refractivity contribution in [3.05, 3.63) is 65.0 Å². The largest absolute Gasteiger partial charge is 0.491 e. The van der Waals surface area contributed by atoms with Crippen LogP contribution in [0.2, 0.25) is 0 Å². The number of ether oxygens (including phenoxy) is 2. The molecule has 0 heterocycles. The van der Waals surface area contributed by atoms with Crippen LogP contribution in [0.5, 0.6) is 5.75 Å². The summed E-state index contributed by atoms with van der Waals surface area (Å²) < 4.78 is 24.2. The third-order valence-electron chi connectivity index (χ3n) is 3.96. The summed E-state index contributed by atoms with van der Waals surface area (Å²) in [6.07, 6.45) is 0. The van der Waals surface area contributed by atoms with Gasteiger partial charge in [-0.25, -0.2) is 4.39 Å². The Kier molecular flexibility index (Phi) is 11.5. The Labute approximate surface area is 183 Å². The Morgan fingerprint density at radius 3 is 2.43 bits per heavy atom. The van der Waals surface area contributed by atoms with Crippen molar-refractivity contribution in [3.8, 4) is 5.75 Å². The summed E-state index contributed by atoms with van der Waals surface area (Å²) in [5.74, 6) is 1.27. The van der Waals surface area contributed by atoms with Crippen molar-refractivity contribution in [2.75, 3.05) is 26.9 Å². The highest BCUT2D eigenvalue weighted by atomic mass is 127.